The van der Waals surface area contributed by atoms with Crippen molar-refractivity contribution >= 4 is 23.3 Å². The molecule has 0 radical (unpaired) electrons. The van der Waals surface area contributed by atoms with Crippen molar-refractivity contribution in [3.8, 4) is 11.6 Å². The van der Waals surface area contributed by atoms with Gasteiger partial charge in [0.15, 0.2) is 0 Å². The molecule has 1 amide bonds. The third-order valence-electron chi connectivity index (χ3n) is 4.93. The molecular formula is C21H27ClN4O2. The van der Waals surface area contributed by atoms with E-state index in [1.54, 1.807) is 24.3 Å². The van der Waals surface area contributed by atoms with Crippen molar-refractivity contribution < 1.29 is 9.53 Å². The molecule has 7 heteroatoms. The van der Waals surface area contributed by atoms with Gasteiger partial charge in [-0.05, 0) is 37.6 Å². The van der Waals surface area contributed by atoms with Crippen LogP contribution < -0.4 is 9.64 Å². The summed E-state index contributed by atoms with van der Waals surface area (Å²) in [5.74, 6) is 2.22. The Kier molecular flexibility index (Phi) is 7.09. The summed E-state index contributed by atoms with van der Waals surface area (Å²) in [5, 5.41) is 0.659. The van der Waals surface area contributed by atoms with E-state index in [0.717, 1.165) is 38.2 Å². The second-order valence-electron chi connectivity index (χ2n) is 7.11. The van der Waals surface area contributed by atoms with Crippen molar-refractivity contribution in [1.29, 1.82) is 0 Å². The summed E-state index contributed by atoms with van der Waals surface area (Å²) in [5.41, 5.74) is 0. The lowest BCUT2D eigenvalue weighted by Gasteiger charge is -2.40. The number of nitrogens with zero attached hydrogens (tertiary/aromatic N) is 4. The Bertz CT molecular complexity index is 784. The predicted octanol–water partition coefficient (Wildman–Crippen LogP) is 4.54. The van der Waals surface area contributed by atoms with Crippen LogP contribution in [-0.2, 0) is 4.79 Å². The van der Waals surface area contributed by atoms with Crippen LogP contribution in [0.4, 0.5) is 5.82 Å². The van der Waals surface area contributed by atoms with E-state index in [1.807, 2.05) is 11.0 Å². The summed E-state index contributed by atoms with van der Waals surface area (Å²) in [6.07, 6.45) is 5.36. The Balaban J connectivity index is 1.60. The number of unbranched alkanes of at least 4 members (excludes halogenated alkanes) is 2. The van der Waals surface area contributed by atoms with Crippen molar-refractivity contribution in [1.82, 2.24) is 14.9 Å². The van der Waals surface area contributed by atoms with Crippen molar-refractivity contribution in [2.24, 2.45) is 0 Å². The molecule has 1 atom stereocenters. The number of carbonyl (C=O) groups is 1. The average molecular weight is 403 g/mol. The molecule has 6 nitrogen and oxygen atoms in total. The van der Waals surface area contributed by atoms with Gasteiger partial charge in [-0.25, -0.2) is 9.97 Å². The second kappa shape index (κ2) is 9.73. The Morgan fingerprint density at radius 3 is 2.71 bits per heavy atom. The number of benzene rings is 1. The van der Waals surface area contributed by atoms with Crippen LogP contribution in [0.2, 0.25) is 5.02 Å². The molecule has 1 saturated heterocycles. The van der Waals surface area contributed by atoms with Gasteiger partial charge in [0.25, 0.3) is 0 Å². The number of amides is 1. The molecule has 1 fully saturated rings. The molecule has 2 heterocycles. The molecule has 0 unspecified atom stereocenters. The zero-order chi connectivity index (χ0) is 19.9. The molecule has 2 aromatic rings. The first kappa shape index (κ1) is 20.4. The third-order valence-corrected chi connectivity index (χ3v) is 5.18. The highest BCUT2D eigenvalue weighted by atomic mass is 35.5. The van der Waals surface area contributed by atoms with Crippen LogP contribution >= 0.6 is 11.6 Å². The van der Waals surface area contributed by atoms with E-state index in [4.69, 9.17) is 16.3 Å². The van der Waals surface area contributed by atoms with E-state index in [1.165, 1.54) is 6.33 Å². The number of aromatic nitrogens is 2. The van der Waals surface area contributed by atoms with Gasteiger partial charge >= 0.3 is 0 Å². The molecule has 0 bridgehead atoms. The minimum atomic E-state index is 0.151. The molecule has 0 N–H and O–H groups in total. The van der Waals surface area contributed by atoms with Crippen LogP contribution in [0.25, 0.3) is 0 Å². The summed E-state index contributed by atoms with van der Waals surface area (Å²) < 4.78 is 5.80. The van der Waals surface area contributed by atoms with Crippen LogP contribution in [0, 0.1) is 0 Å². The zero-order valence-electron chi connectivity index (χ0n) is 16.5. The van der Waals surface area contributed by atoms with Gasteiger partial charge in [-0.2, -0.15) is 0 Å². The minimum absolute atomic E-state index is 0.151. The molecule has 1 aliphatic heterocycles. The topological polar surface area (TPSA) is 58.6 Å². The maximum atomic E-state index is 12.5. The highest BCUT2D eigenvalue weighted by Gasteiger charge is 2.27. The molecule has 0 saturated carbocycles. The molecule has 1 aliphatic rings. The zero-order valence-corrected chi connectivity index (χ0v) is 17.2. The van der Waals surface area contributed by atoms with Crippen LogP contribution in [-0.4, -0.2) is 46.5 Å². The molecule has 3 rings (SSSR count). The van der Waals surface area contributed by atoms with E-state index in [2.05, 4.69) is 28.7 Å². The van der Waals surface area contributed by atoms with Crippen molar-refractivity contribution in [2.75, 3.05) is 24.5 Å². The highest BCUT2D eigenvalue weighted by molar-refractivity contribution is 6.30. The van der Waals surface area contributed by atoms with Gasteiger partial charge in [-0.3, -0.25) is 4.79 Å². The van der Waals surface area contributed by atoms with Gasteiger partial charge in [0.2, 0.25) is 11.8 Å². The maximum absolute atomic E-state index is 12.5. The molecule has 1 aromatic heterocycles. The fraction of sp³-hybridized carbons (Fsp3) is 0.476. The summed E-state index contributed by atoms with van der Waals surface area (Å²) in [7, 11) is 0. The number of piperazine rings is 1. The largest absolute Gasteiger partial charge is 0.439 e. The quantitative estimate of drug-likeness (QED) is 0.636. The summed E-state index contributed by atoms with van der Waals surface area (Å²) in [6.45, 7) is 6.45. The average Bonchev–Trinajstić information content (AvgIpc) is 2.70. The monoisotopic (exact) mass is 402 g/mol. The highest BCUT2D eigenvalue weighted by Crippen LogP contribution is 2.25. The Hall–Kier alpha value is -2.34. The lowest BCUT2D eigenvalue weighted by Crippen LogP contribution is -2.54. The molecule has 150 valence electrons. The van der Waals surface area contributed by atoms with Gasteiger partial charge < -0.3 is 14.5 Å². The molecule has 28 heavy (non-hydrogen) atoms. The number of ether oxygens (including phenoxy) is 1. The van der Waals surface area contributed by atoms with Crippen LogP contribution in [0.3, 0.4) is 0 Å². The number of rotatable bonds is 7. The smallest absolute Gasteiger partial charge is 0.224 e. The number of hydrogen-bond acceptors (Lipinski definition) is 5. The number of anilines is 1. The van der Waals surface area contributed by atoms with Gasteiger partial charge in [0.1, 0.15) is 17.9 Å². The number of hydrogen-bond donors (Lipinski definition) is 0. The molecule has 1 aromatic carbocycles. The minimum Gasteiger partial charge on any atom is -0.439 e. The Morgan fingerprint density at radius 2 is 2.00 bits per heavy atom. The standard InChI is InChI=1S/C21H27ClN4O2/c1-3-4-5-6-21(27)26-12-11-25(14-16(26)2)19-13-20(24-15-23-19)28-18-9-7-17(22)8-10-18/h7-10,13,15-16H,3-6,11-12,14H2,1-2H3/t16-/m0/s1. The number of carbonyl (C=O) groups excluding carboxylic acids is 1. The molecular weight excluding hydrogens is 376 g/mol. The van der Waals surface area contributed by atoms with E-state index < -0.39 is 0 Å². The summed E-state index contributed by atoms with van der Waals surface area (Å²) in [4.78, 5) is 25.2. The normalized spacial score (nSPS) is 16.9. The first-order valence-electron chi connectivity index (χ1n) is 9.86. The molecule has 0 spiro atoms. The SMILES string of the molecule is CCCCCC(=O)N1CCN(c2cc(Oc3ccc(Cl)cc3)ncn2)C[C@@H]1C. The van der Waals surface area contributed by atoms with Crippen LogP contribution in [0.5, 0.6) is 11.6 Å². The third kappa shape index (κ3) is 5.35. The Labute approximate surface area is 171 Å². The van der Waals surface area contributed by atoms with Gasteiger partial charge in [-0.15, -0.1) is 0 Å². The predicted molar refractivity (Wildman–Crippen MR) is 111 cm³/mol. The maximum Gasteiger partial charge on any atom is 0.224 e. The van der Waals surface area contributed by atoms with E-state index >= 15 is 0 Å². The van der Waals surface area contributed by atoms with Crippen molar-refractivity contribution in [3.05, 3.63) is 41.7 Å². The summed E-state index contributed by atoms with van der Waals surface area (Å²) >= 11 is 5.91. The fourth-order valence-electron chi connectivity index (χ4n) is 3.39. The second-order valence-corrected chi connectivity index (χ2v) is 7.55. The molecule has 0 aliphatic carbocycles. The van der Waals surface area contributed by atoms with E-state index in [9.17, 15) is 4.79 Å². The number of halogens is 1. The Morgan fingerprint density at radius 1 is 1.21 bits per heavy atom. The van der Waals surface area contributed by atoms with Crippen molar-refractivity contribution in [3.63, 3.8) is 0 Å². The van der Waals surface area contributed by atoms with E-state index in [0.29, 0.717) is 29.6 Å². The van der Waals surface area contributed by atoms with Gasteiger partial charge in [-0.1, -0.05) is 31.4 Å². The summed E-state index contributed by atoms with van der Waals surface area (Å²) in [6, 6.07) is 9.14. The van der Waals surface area contributed by atoms with Gasteiger partial charge in [0, 0.05) is 43.2 Å². The van der Waals surface area contributed by atoms with Crippen LogP contribution in [0.1, 0.15) is 39.5 Å². The lowest BCUT2D eigenvalue weighted by atomic mass is 10.1. The first-order valence-corrected chi connectivity index (χ1v) is 10.2. The van der Waals surface area contributed by atoms with Gasteiger partial charge in [0.05, 0.1) is 0 Å². The van der Waals surface area contributed by atoms with Crippen molar-refractivity contribution in [2.45, 2.75) is 45.6 Å². The fourth-order valence-corrected chi connectivity index (χ4v) is 3.51. The van der Waals surface area contributed by atoms with Crippen LogP contribution in [0.15, 0.2) is 36.7 Å². The van der Waals surface area contributed by atoms with E-state index in [-0.39, 0.29) is 11.9 Å². The lowest BCUT2D eigenvalue weighted by molar-refractivity contribution is -0.133. The first-order chi connectivity index (χ1) is 13.6.